The van der Waals surface area contributed by atoms with E-state index in [0.717, 1.165) is 29.5 Å². The van der Waals surface area contributed by atoms with Gasteiger partial charge in [0, 0.05) is 16.9 Å². The Hall–Kier alpha value is -4.23. The Kier molecular flexibility index (Phi) is 7.78. The number of Topliss-reactive ketones (excluding diaryl/α,β-unsaturated/α-hetero) is 1. The normalized spacial score (nSPS) is 15.6. The number of ketones is 1. The summed E-state index contributed by atoms with van der Waals surface area (Å²) in [6.45, 7) is 3.54. The van der Waals surface area contributed by atoms with E-state index in [0.29, 0.717) is 22.0 Å². The van der Waals surface area contributed by atoms with Crippen molar-refractivity contribution in [2.75, 3.05) is 11.1 Å². The number of nitrogens with zero attached hydrogens (tertiary/aromatic N) is 1. The third-order valence-electron chi connectivity index (χ3n) is 5.89. The lowest BCUT2D eigenvalue weighted by Crippen LogP contribution is -2.30. The van der Waals surface area contributed by atoms with Crippen molar-refractivity contribution in [1.82, 2.24) is 5.32 Å². The Morgan fingerprint density at radius 1 is 1.11 bits per heavy atom. The zero-order valence-corrected chi connectivity index (χ0v) is 21.2. The van der Waals surface area contributed by atoms with Crippen LogP contribution in [0.2, 0.25) is 0 Å². The maximum Gasteiger partial charge on any atom is 0.416 e. The predicted octanol–water partition coefficient (Wildman–Crippen LogP) is 6.56. The number of carbonyl (C=O) groups excluding carboxylic acids is 2. The quantitative estimate of drug-likeness (QED) is 0.332. The first-order chi connectivity index (χ1) is 18.1. The SMILES string of the molecule is CC1=C(C(=O)Nc2cccc(C(F)(F)F)c2)[C@@H](c2ccco2)C(C#N)=C(SCC(=O)c2ccc(C)cc2)N1. The molecule has 1 amide bonds. The van der Waals surface area contributed by atoms with Crippen LogP contribution in [0.5, 0.6) is 0 Å². The summed E-state index contributed by atoms with van der Waals surface area (Å²) in [6, 6.07) is 16.8. The fraction of sp³-hybridized carbons (Fsp3) is 0.179. The topological polar surface area (TPSA) is 95.1 Å². The summed E-state index contributed by atoms with van der Waals surface area (Å²) < 4.78 is 45.0. The summed E-state index contributed by atoms with van der Waals surface area (Å²) >= 11 is 1.13. The van der Waals surface area contributed by atoms with Gasteiger partial charge in [0.1, 0.15) is 5.76 Å². The van der Waals surface area contributed by atoms with E-state index in [4.69, 9.17) is 4.42 Å². The van der Waals surface area contributed by atoms with Crippen LogP contribution in [0, 0.1) is 18.3 Å². The molecule has 4 rings (SSSR count). The number of alkyl halides is 3. The van der Waals surface area contributed by atoms with E-state index in [9.17, 15) is 28.0 Å². The molecule has 10 heteroatoms. The van der Waals surface area contributed by atoms with Gasteiger partial charge in [-0.1, -0.05) is 47.7 Å². The van der Waals surface area contributed by atoms with Crippen LogP contribution in [-0.2, 0) is 11.0 Å². The van der Waals surface area contributed by atoms with Crippen LogP contribution in [0.4, 0.5) is 18.9 Å². The smallest absolute Gasteiger partial charge is 0.416 e. The second-order valence-electron chi connectivity index (χ2n) is 8.58. The number of dihydropyridines is 1. The number of anilines is 1. The van der Waals surface area contributed by atoms with Crippen LogP contribution in [0.25, 0.3) is 0 Å². The first-order valence-corrected chi connectivity index (χ1v) is 12.4. The number of allylic oxidation sites excluding steroid dienone is 2. The standard InChI is InChI=1S/C28H22F3N3O3S/c1-16-8-10-18(11-9-16)22(35)15-38-27-21(14-32)25(23-7-4-12-37-23)24(17(2)33-27)26(36)34-20-6-3-5-19(13-20)28(29,30)31/h3-13,25,33H,15H2,1-2H3,(H,34,36)/t25-/m1/s1. The molecule has 194 valence electrons. The van der Waals surface area contributed by atoms with Crippen LogP contribution < -0.4 is 10.6 Å². The van der Waals surface area contributed by atoms with E-state index in [1.807, 2.05) is 19.1 Å². The van der Waals surface area contributed by atoms with Crippen LogP contribution in [0.1, 0.15) is 40.1 Å². The van der Waals surface area contributed by atoms with Crippen LogP contribution in [0.15, 0.2) is 93.2 Å². The molecule has 2 aromatic carbocycles. The molecule has 0 saturated carbocycles. The Morgan fingerprint density at radius 3 is 2.47 bits per heavy atom. The van der Waals surface area contributed by atoms with Gasteiger partial charge in [0.25, 0.3) is 5.91 Å². The predicted molar refractivity (Wildman–Crippen MR) is 138 cm³/mol. The van der Waals surface area contributed by atoms with Gasteiger partial charge in [-0.15, -0.1) is 0 Å². The second kappa shape index (κ2) is 11.0. The highest BCUT2D eigenvalue weighted by atomic mass is 32.2. The van der Waals surface area contributed by atoms with Gasteiger partial charge in [0.05, 0.1) is 45.7 Å². The number of hydrogen-bond acceptors (Lipinski definition) is 6. The fourth-order valence-electron chi connectivity index (χ4n) is 4.00. The molecular formula is C28H22F3N3O3S. The van der Waals surface area contributed by atoms with E-state index >= 15 is 0 Å². The molecule has 1 aliphatic heterocycles. The molecular weight excluding hydrogens is 515 g/mol. The van der Waals surface area contributed by atoms with Crippen molar-refractivity contribution in [3.63, 3.8) is 0 Å². The molecule has 0 spiro atoms. The average molecular weight is 538 g/mol. The Balaban J connectivity index is 1.63. The van der Waals surface area contributed by atoms with Gasteiger partial charge in [-0.3, -0.25) is 9.59 Å². The Morgan fingerprint density at radius 2 is 1.84 bits per heavy atom. The van der Waals surface area contributed by atoms with E-state index in [-0.39, 0.29) is 28.4 Å². The molecule has 38 heavy (non-hydrogen) atoms. The number of amides is 1. The molecule has 0 unspecified atom stereocenters. The number of thioether (sulfide) groups is 1. The third-order valence-corrected chi connectivity index (χ3v) is 6.91. The molecule has 0 saturated heterocycles. The van der Waals surface area contributed by atoms with Gasteiger partial charge < -0.3 is 15.1 Å². The highest BCUT2D eigenvalue weighted by Gasteiger charge is 2.37. The number of aryl methyl sites for hydroxylation is 1. The highest BCUT2D eigenvalue weighted by Crippen LogP contribution is 2.41. The summed E-state index contributed by atoms with van der Waals surface area (Å²) in [5.74, 6) is -1.41. The summed E-state index contributed by atoms with van der Waals surface area (Å²) in [4.78, 5) is 26.1. The van der Waals surface area contributed by atoms with Crippen molar-refractivity contribution in [2.24, 2.45) is 0 Å². The maximum absolute atomic E-state index is 13.4. The summed E-state index contributed by atoms with van der Waals surface area (Å²) in [5, 5.41) is 16.0. The van der Waals surface area contributed by atoms with Gasteiger partial charge in [-0.2, -0.15) is 18.4 Å². The number of halogens is 3. The minimum absolute atomic E-state index is 0.0422. The van der Waals surface area contributed by atoms with E-state index in [2.05, 4.69) is 16.7 Å². The number of rotatable bonds is 7. The van der Waals surface area contributed by atoms with Crippen LogP contribution >= 0.6 is 11.8 Å². The van der Waals surface area contributed by atoms with Gasteiger partial charge in [0.15, 0.2) is 5.78 Å². The van der Waals surface area contributed by atoms with Crippen LogP contribution in [-0.4, -0.2) is 17.4 Å². The molecule has 2 heterocycles. The second-order valence-corrected chi connectivity index (χ2v) is 9.56. The molecule has 6 nitrogen and oxygen atoms in total. The van der Waals surface area contributed by atoms with Crippen molar-refractivity contribution in [2.45, 2.75) is 25.9 Å². The minimum Gasteiger partial charge on any atom is -0.468 e. The van der Waals surface area contributed by atoms with E-state index in [1.165, 1.54) is 18.4 Å². The maximum atomic E-state index is 13.4. The van der Waals surface area contributed by atoms with Crippen molar-refractivity contribution in [3.8, 4) is 6.07 Å². The van der Waals surface area contributed by atoms with Crippen molar-refractivity contribution in [3.05, 3.63) is 111 Å². The largest absolute Gasteiger partial charge is 0.468 e. The summed E-state index contributed by atoms with van der Waals surface area (Å²) in [5.41, 5.74) is 1.25. The molecule has 2 N–H and O–H groups in total. The molecule has 0 bridgehead atoms. The lowest BCUT2D eigenvalue weighted by Gasteiger charge is -2.28. The number of hydrogen-bond donors (Lipinski definition) is 2. The molecule has 3 aromatic rings. The Labute approximate surface area is 221 Å². The van der Waals surface area contributed by atoms with Gasteiger partial charge >= 0.3 is 6.18 Å². The average Bonchev–Trinajstić information content (AvgIpc) is 3.41. The monoisotopic (exact) mass is 537 g/mol. The molecule has 1 aromatic heterocycles. The van der Waals surface area contributed by atoms with Crippen molar-refractivity contribution < 1.29 is 27.2 Å². The highest BCUT2D eigenvalue weighted by molar-refractivity contribution is 8.03. The van der Waals surface area contributed by atoms with E-state index < -0.39 is 23.6 Å². The van der Waals surface area contributed by atoms with Crippen molar-refractivity contribution >= 4 is 29.1 Å². The number of furan rings is 1. The number of benzene rings is 2. The van der Waals surface area contributed by atoms with Crippen LogP contribution in [0.3, 0.4) is 0 Å². The number of carbonyl (C=O) groups is 2. The first-order valence-electron chi connectivity index (χ1n) is 11.4. The van der Waals surface area contributed by atoms with Gasteiger partial charge in [-0.05, 0) is 44.2 Å². The van der Waals surface area contributed by atoms with E-state index in [1.54, 1.807) is 31.2 Å². The first kappa shape index (κ1) is 26.8. The number of nitrogens with one attached hydrogen (secondary N) is 2. The van der Waals surface area contributed by atoms with Crippen molar-refractivity contribution in [1.29, 1.82) is 5.26 Å². The minimum atomic E-state index is -4.57. The lowest BCUT2D eigenvalue weighted by atomic mass is 9.85. The zero-order valence-electron chi connectivity index (χ0n) is 20.3. The molecule has 0 radical (unpaired) electrons. The summed E-state index contributed by atoms with van der Waals surface area (Å²) in [6.07, 6.45) is -3.17. The molecule has 0 fully saturated rings. The lowest BCUT2D eigenvalue weighted by molar-refractivity contribution is -0.137. The molecule has 1 aliphatic rings. The third kappa shape index (κ3) is 5.84. The molecule has 1 atom stereocenters. The van der Waals surface area contributed by atoms with Gasteiger partial charge in [0.2, 0.25) is 0 Å². The van der Waals surface area contributed by atoms with Gasteiger partial charge in [-0.25, -0.2) is 0 Å². The zero-order chi connectivity index (χ0) is 27.4. The molecule has 0 aliphatic carbocycles. The Bertz CT molecular complexity index is 1470. The fourth-order valence-corrected chi connectivity index (χ4v) is 4.99. The summed E-state index contributed by atoms with van der Waals surface area (Å²) in [7, 11) is 0. The number of nitriles is 1.